The Morgan fingerprint density at radius 1 is 1.12 bits per heavy atom. The summed E-state index contributed by atoms with van der Waals surface area (Å²) in [5.74, 6) is -2.91. The fraction of sp³-hybridized carbons (Fsp3) is 0.286. The number of urea groups is 1. The maximum absolute atomic E-state index is 13.0. The van der Waals surface area contributed by atoms with Crippen LogP contribution in [0.4, 0.5) is 19.3 Å². The first kappa shape index (κ1) is 23.3. The van der Waals surface area contributed by atoms with Gasteiger partial charge in [-0.2, -0.15) is 8.78 Å². The van der Waals surface area contributed by atoms with Gasteiger partial charge in [0.2, 0.25) is 5.91 Å². The van der Waals surface area contributed by atoms with Crippen molar-refractivity contribution in [2.75, 3.05) is 26.1 Å². The van der Waals surface area contributed by atoms with Gasteiger partial charge in [0.05, 0.1) is 14.2 Å². The van der Waals surface area contributed by atoms with E-state index in [-0.39, 0.29) is 0 Å². The molecule has 1 aliphatic heterocycles. The molecule has 0 aliphatic carbocycles. The van der Waals surface area contributed by atoms with E-state index in [1.54, 1.807) is 18.2 Å². The first-order chi connectivity index (χ1) is 15.2. The number of rotatable bonds is 8. The van der Waals surface area contributed by atoms with Crippen LogP contribution in [-0.2, 0) is 15.1 Å². The lowest BCUT2D eigenvalue weighted by atomic mass is 9.91. The Hall–Kier alpha value is -3.34. The van der Waals surface area contributed by atoms with E-state index >= 15 is 0 Å². The molecule has 0 saturated carbocycles. The van der Waals surface area contributed by atoms with Gasteiger partial charge in [-0.05, 0) is 48.9 Å². The number of nitrogens with one attached hydrogen (secondary N) is 2. The Labute approximate surface area is 187 Å². The van der Waals surface area contributed by atoms with Gasteiger partial charge in [-0.25, -0.2) is 4.79 Å². The molecule has 4 amide bonds. The molecule has 0 spiro atoms. The highest BCUT2D eigenvalue weighted by Crippen LogP contribution is 2.35. The standard InChI is InChI=1S/C21H21F2N3O5S/c1-21(12-4-9-15(30-2)16(10-12)31-3)18(28)26(20(29)25-21)11-17(27)24-13-5-7-14(8-6-13)32-19(22)23/h4-10,19H,11H2,1-3H3,(H,24,27)(H,25,29)/t21-/m0/s1. The molecule has 0 bridgehead atoms. The molecule has 170 valence electrons. The molecule has 3 rings (SSSR count). The number of methoxy groups -OCH3 is 2. The van der Waals surface area contributed by atoms with Crippen molar-refractivity contribution in [2.24, 2.45) is 0 Å². The van der Waals surface area contributed by atoms with Crippen molar-refractivity contribution in [1.29, 1.82) is 0 Å². The predicted molar refractivity (Wildman–Crippen MR) is 114 cm³/mol. The number of carbonyl (C=O) groups excluding carboxylic acids is 3. The smallest absolute Gasteiger partial charge is 0.325 e. The largest absolute Gasteiger partial charge is 0.493 e. The zero-order valence-corrected chi connectivity index (χ0v) is 18.3. The normalized spacial score (nSPS) is 18.0. The van der Waals surface area contributed by atoms with E-state index in [0.29, 0.717) is 39.4 Å². The lowest BCUT2D eigenvalue weighted by molar-refractivity contribution is -0.133. The quantitative estimate of drug-likeness (QED) is 0.458. The fourth-order valence-electron chi connectivity index (χ4n) is 3.25. The lowest BCUT2D eigenvalue weighted by Crippen LogP contribution is -2.42. The summed E-state index contributed by atoms with van der Waals surface area (Å²) in [6.07, 6.45) is 0. The van der Waals surface area contributed by atoms with Crippen LogP contribution in [0.25, 0.3) is 0 Å². The van der Waals surface area contributed by atoms with Crippen LogP contribution in [0.2, 0.25) is 0 Å². The lowest BCUT2D eigenvalue weighted by Gasteiger charge is -2.23. The van der Waals surface area contributed by atoms with Crippen molar-refractivity contribution in [3.8, 4) is 11.5 Å². The van der Waals surface area contributed by atoms with E-state index in [1.807, 2.05) is 0 Å². The molecule has 1 fully saturated rings. The highest BCUT2D eigenvalue weighted by molar-refractivity contribution is 7.99. The number of alkyl halides is 2. The molecule has 0 aromatic heterocycles. The number of hydrogen-bond donors (Lipinski definition) is 2. The van der Waals surface area contributed by atoms with Crippen molar-refractivity contribution >= 4 is 35.3 Å². The number of ether oxygens (including phenoxy) is 2. The van der Waals surface area contributed by atoms with Gasteiger partial charge in [-0.3, -0.25) is 14.5 Å². The second kappa shape index (κ2) is 9.43. The number of imide groups is 1. The van der Waals surface area contributed by atoms with E-state index < -0.39 is 35.7 Å². The summed E-state index contributed by atoms with van der Waals surface area (Å²) in [5, 5.41) is 5.16. The Morgan fingerprint density at radius 2 is 1.78 bits per heavy atom. The molecule has 32 heavy (non-hydrogen) atoms. The van der Waals surface area contributed by atoms with Crippen molar-refractivity contribution < 1.29 is 32.6 Å². The molecule has 8 nitrogen and oxygen atoms in total. The van der Waals surface area contributed by atoms with Gasteiger partial charge in [0.15, 0.2) is 11.5 Å². The number of nitrogens with zero attached hydrogens (tertiary/aromatic N) is 1. The molecule has 1 saturated heterocycles. The molecule has 0 radical (unpaired) electrons. The van der Waals surface area contributed by atoms with Crippen LogP contribution in [0, 0.1) is 0 Å². The first-order valence-electron chi connectivity index (χ1n) is 9.39. The van der Waals surface area contributed by atoms with Crippen molar-refractivity contribution in [3.63, 3.8) is 0 Å². The summed E-state index contributed by atoms with van der Waals surface area (Å²) in [6, 6.07) is 9.91. The second-order valence-corrected chi connectivity index (χ2v) is 8.03. The number of anilines is 1. The van der Waals surface area contributed by atoms with Gasteiger partial charge in [0, 0.05) is 10.6 Å². The third-order valence-electron chi connectivity index (χ3n) is 4.90. The zero-order valence-electron chi connectivity index (χ0n) is 17.5. The summed E-state index contributed by atoms with van der Waals surface area (Å²) in [5.41, 5.74) is -0.586. The SMILES string of the molecule is COc1ccc([C@]2(C)NC(=O)N(CC(=O)Nc3ccc(SC(F)F)cc3)C2=O)cc1OC. The second-order valence-electron chi connectivity index (χ2n) is 6.97. The molecule has 11 heteroatoms. The van der Waals surface area contributed by atoms with Crippen LogP contribution in [0.1, 0.15) is 12.5 Å². The molecule has 2 aromatic carbocycles. The van der Waals surface area contributed by atoms with E-state index in [0.717, 1.165) is 4.90 Å². The predicted octanol–water partition coefficient (Wildman–Crippen LogP) is 3.42. The van der Waals surface area contributed by atoms with Gasteiger partial charge < -0.3 is 20.1 Å². The monoisotopic (exact) mass is 465 g/mol. The van der Waals surface area contributed by atoms with Crippen molar-refractivity contribution in [2.45, 2.75) is 23.1 Å². The molecule has 1 aliphatic rings. The summed E-state index contributed by atoms with van der Waals surface area (Å²) >= 11 is 0.387. The van der Waals surface area contributed by atoms with Gasteiger partial charge in [-0.1, -0.05) is 17.8 Å². The first-order valence-corrected chi connectivity index (χ1v) is 10.3. The third kappa shape index (κ3) is 4.77. The molecule has 1 atom stereocenters. The highest BCUT2D eigenvalue weighted by Gasteiger charge is 2.49. The van der Waals surface area contributed by atoms with Crippen LogP contribution in [-0.4, -0.2) is 49.3 Å². The minimum Gasteiger partial charge on any atom is -0.493 e. The number of amides is 4. The maximum Gasteiger partial charge on any atom is 0.325 e. The molecular formula is C21H21F2N3O5S. The Balaban J connectivity index is 1.71. The minimum absolute atomic E-state index is 0.345. The summed E-state index contributed by atoms with van der Waals surface area (Å²) < 4.78 is 35.3. The van der Waals surface area contributed by atoms with E-state index in [1.165, 1.54) is 45.4 Å². The molecular weight excluding hydrogens is 444 g/mol. The number of halogens is 2. The number of carbonyl (C=O) groups is 3. The van der Waals surface area contributed by atoms with Crippen LogP contribution in [0.15, 0.2) is 47.4 Å². The van der Waals surface area contributed by atoms with Crippen LogP contribution < -0.4 is 20.1 Å². The van der Waals surface area contributed by atoms with Gasteiger partial charge in [0.1, 0.15) is 12.1 Å². The Morgan fingerprint density at radius 3 is 2.38 bits per heavy atom. The molecule has 1 heterocycles. The third-order valence-corrected chi connectivity index (χ3v) is 5.62. The minimum atomic E-state index is -2.55. The summed E-state index contributed by atoms with van der Waals surface area (Å²) in [4.78, 5) is 39.1. The van der Waals surface area contributed by atoms with Crippen LogP contribution >= 0.6 is 11.8 Å². The average Bonchev–Trinajstić information content (AvgIpc) is 2.98. The maximum atomic E-state index is 13.0. The van der Waals surface area contributed by atoms with Crippen LogP contribution in [0.3, 0.4) is 0 Å². The van der Waals surface area contributed by atoms with Gasteiger partial charge in [0.25, 0.3) is 11.7 Å². The van der Waals surface area contributed by atoms with E-state index in [9.17, 15) is 23.2 Å². The molecule has 0 unspecified atom stereocenters. The van der Waals surface area contributed by atoms with E-state index in [2.05, 4.69) is 10.6 Å². The summed E-state index contributed by atoms with van der Waals surface area (Å²) in [7, 11) is 2.93. The van der Waals surface area contributed by atoms with Crippen LogP contribution in [0.5, 0.6) is 11.5 Å². The van der Waals surface area contributed by atoms with Crippen molar-refractivity contribution in [1.82, 2.24) is 10.2 Å². The number of hydrogen-bond acceptors (Lipinski definition) is 6. The number of thioether (sulfide) groups is 1. The van der Waals surface area contributed by atoms with Gasteiger partial charge >= 0.3 is 6.03 Å². The average molecular weight is 465 g/mol. The number of benzene rings is 2. The zero-order chi connectivity index (χ0) is 23.5. The molecule has 2 N–H and O–H groups in total. The Kier molecular flexibility index (Phi) is 6.87. The van der Waals surface area contributed by atoms with Crippen molar-refractivity contribution in [3.05, 3.63) is 48.0 Å². The highest BCUT2D eigenvalue weighted by atomic mass is 32.2. The fourth-order valence-corrected chi connectivity index (χ4v) is 3.75. The Bertz CT molecular complexity index is 1030. The van der Waals surface area contributed by atoms with Gasteiger partial charge in [-0.15, -0.1) is 0 Å². The molecule has 2 aromatic rings. The topological polar surface area (TPSA) is 97.0 Å². The summed E-state index contributed by atoms with van der Waals surface area (Å²) in [6.45, 7) is 1.02. The van der Waals surface area contributed by atoms with E-state index in [4.69, 9.17) is 9.47 Å².